The molecule has 5 nitrogen and oxygen atoms in total. The molecule has 0 radical (unpaired) electrons. The van der Waals surface area contributed by atoms with Crippen LogP contribution in [-0.2, 0) is 11.4 Å². The van der Waals surface area contributed by atoms with E-state index in [2.05, 4.69) is 4.98 Å². The molecule has 1 aliphatic heterocycles. The lowest BCUT2D eigenvalue weighted by molar-refractivity contribution is -0.113. The van der Waals surface area contributed by atoms with E-state index in [1.54, 1.807) is 17.2 Å². The highest BCUT2D eigenvalue weighted by molar-refractivity contribution is 8.19. The van der Waals surface area contributed by atoms with Crippen molar-refractivity contribution in [3.63, 3.8) is 0 Å². The van der Waals surface area contributed by atoms with Crippen molar-refractivity contribution >= 4 is 63.5 Å². The molecule has 5 rings (SSSR count). The number of carbonyl (C=O) groups excluding carboxylic acids is 1. The number of benzene rings is 3. The number of aromatic nitrogens is 1. The van der Waals surface area contributed by atoms with Crippen molar-refractivity contribution in [3.8, 4) is 5.75 Å². The molecule has 1 amide bonds. The second-order valence-electron chi connectivity index (χ2n) is 7.76. The van der Waals surface area contributed by atoms with Gasteiger partial charge in [0.1, 0.15) is 12.4 Å². The number of carbonyl (C=O) groups is 1. The SMILES string of the molecule is O=C1/C(=C/c2ccccc2OCc2ccc(Cl)cc2)SC(=Nc2ccncc2Cl)N1c1ccccc1. The number of ether oxygens (including phenoxy) is 1. The van der Waals surface area contributed by atoms with Gasteiger partial charge in [0.25, 0.3) is 5.91 Å². The number of nitrogens with zero attached hydrogens (tertiary/aromatic N) is 3. The maximum atomic E-state index is 13.6. The Hall–Kier alpha value is -3.58. The van der Waals surface area contributed by atoms with Crippen molar-refractivity contribution in [2.24, 2.45) is 4.99 Å². The van der Waals surface area contributed by atoms with Crippen LogP contribution in [0.15, 0.2) is 107 Å². The van der Waals surface area contributed by atoms with Crippen LogP contribution in [0, 0.1) is 0 Å². The molecule has 1 fully saturated rings. The highest BCUT2D eigenvalue weighted by Crippen LogP contribution is 2.39. The van der Waals surface area contributed by atoms with Crippen molar-refractivity contribution in [1.29, 1.82) is 0 Å². The number of halogens is 2. The van der Waals surface area contributed by atoms with E-state index < -0.39 is 0 Å². The fourth-order valence-electron chi connectivity index (χ4n) is 3.53. The van der Waals surface area contributed by atoms with Gasteiger partial charge in [-0.1, -0.05) is 71.7 Å². The number of aliphatic imine (C=N–C) groups is 1. The maximum absolute atomic E-state index is 13.6. The Morgan fingerprint density at radius 2 is 1.69 bits per heavy atom. The van der Waals surface area contributed by atoms with E-state index in [0.717, 1.165) is 16.8 Å². The van der Waals surface area contributed by atoms with Crippen molar-refractivity contribution in [3.05, 3.63) is 123 Å². The average Bonchev–Trinajstić information content (AvgIpc) is 3.20. The first-order valence-corrected chi connectivity index (χ1v) is 12.6. The van der Waals surface area contributed by atoms with E-state index in [4.69, 9.17) is 32.9 Å². The molecule has 0 N–H and O–H groups in total. The van der Waals surface area contributed by atoms with Crippen LogP contribution in [0.1, 0.15) is 11.1 Å². The van der Waals surface area contributed by atoms with Crippen molar-refractivity contribution in [1.82, 2.24) is 4.98 Å². The third-order valence-electron chi connectivity index (χ3n) is 5.30. The fraction of sp³-hybridized carbons (Fsp3) is 0.0357. The maximum Gasteiger partial charge on any atom is 0.271 e. The molecule has 0 aliphatic carbocycles. The first-order valence-electron chi connectivity index (χ1n) is 11.0. The van der Waals surface area contributed by atoms with E-state index in [1.807, 2.05) is 84.9 Å². The molecule has 8 heteroatoms. The molecule has 3 aromatic carbocycles. The first-order chi connectivity index (χ1) is 17.6. The molecule has 178 valence electrons. The molecular formula is C28H19Cl2N3O2S. The van der Waals surface area contributed by atoms with Crippen molar-refractivity contribution in [2.75, 3.05) is 4.90 Å². The number of hydrogen-bond acceptors (Lipinski definition) is 5. The van der Waals surface area contributed by atoms with Crippen molar-refractivity contribution < 1.29 is 9.53 Å². The Morgan fingerprint density at radius 1 is 0.944 bits per heavy atom. The van der Waals surface area contributed by atoms with Gasteiger partial charge in [-0.05, 0) is 59.8 Å². The molecule has 0 bridgehead atoms. The summed E-state index contributed by atoms with van der Waals surface area (Å²) in [6.45, 7) is 0.377. The van der Waals surface area contributed by atoms with Gasteiger partial charge in [0.2, 0.25) is 0 Å². The summed E-state index contributed by atoms with van der Waals surface area (Å²) in [5.41, 5.74) is 3.04. The average molecular weight is 532 g/mol. The summed E-state index contributed by atoms with van der Waals surface area (Å²) in [7, 11) is 0. The molecular weight excluding hydrogens is 513 g/mol. The highest BCUT2D eigenvalue weighted by atomic mass is 35.5. The van der Waals surface area contributed by atoms with Crippen LogP contribution >= 0.6 is 35.0 Å². The largest absolute Gasteiger partial charge is 0.488 e. The van der Waals surface area contributed by atoms with Crippen molar-refractivity contribution in [2.45, 2.75) is 6.61 Å². The lowest BCUT2D eigenvalue weighted by Gasteiger charge is -2.15. The van der Waals surface area contributed by atoms with Gasteiger partial charge in [-0.15, -0.1) is 0 Å². The second kappa shape index (κ2) is 11.0. The summed E-state index contributed by atoms with van der Waals surface area (Å²) >= 11 is 13.6. The van der Waals surface area contributed by atoms with Crippen LogP contribution < -0.4 is 9.64 Å². The minimum atomic E-state index is -0.178. The molecule has 1 aliphatic rings. The zero-order valence-corrected chi connectivity index (χ0v) is 21.2. The van der Waals surface area contributed by atoms with Crippen LogP contribution in [0.25, 0.3) is 6.08 Å². The van der Waals surface area contributed by atoms with Crippen LogP contribution in [0.4, 0.5) is 11.4 Å². The van der Waals surface area contributed by atoms with Crippen LogP contribution in [0.3, 0.4) is 0 Å². The monoisotopic (exact) mass is 531 g/mol. The second-order valence-corrected chi connectivity index (χ2v) is 9.61. The van der Waals surface area contributed by atoms with Gasteiger partial charge in [0.05, 0.1) is 21.3 Å². The zero-order valence-electron chi connectivity index (χ0n) is 18.8. The number of amides is 1. The summed E-state index contributed by atoms with van der Waals surface area (Å²) in [4.78, 5) is 24.4. The summed E-state index contributed by atoms with van der Waals surface area (Å²) < 4.78 is 6.08. The highest BCUT2D eigenvalue weighted by Gasteiger charge is 2.35. The number of hydrogen-bond donors (Lipinski definition) is 0. The first kappa shape index (κ1) is 24.1. The minimum absolute atomic E-state index is 0.178. The number of para-hydroxylation sites is 2. The molecule has 0 unspecified atom stereocenters. The van der Waals surface area contributed by atoms with E-state index in [1.165, 1.54) is 18.0 Å². The molecule has 36 heavy (non-hydrogen) atoms. The number of rotatable bonds is 6. The van der Waals surface area contributed by atoms with E-state index in [-0.39, 0.29) is 5.91 Å². The Morgan fingerprint density at radius 3 is 2.47 bits per heavy atom. The fourth-order valence-corrected chi connectivity index (χ4v) is 4.80. The Labute approximate surface area is 223 Å². The summed E-state index contributed by atoms with van der Waals surface area (Å²) in [6.07, 6.45) is 4.97. The predicted molar refractivity (Wildman–Crippen MR) is 148 cm³/mol. The Balaban J connectivity index is 1.48. The topological polar surface area (TPSA) is 54.8 Å². The lowest BCUT2D eigenvalue weighted by Crippen LogP contribution is -2.28. The molecule has 1 aromatic heterocycles. The smallest absolute Gasteiger partial charge is 0.271 e. The minimum Gasteiger partial charge on any atom is -0.488 e. The molecule has 0 spiro atoms. The van der Waals surface area contributed by atoms with Gasteiger partial charge < -0.3 is 4.74 Å². The van der Waals surface area contributed by atoms with E-state index in [0.29, 0.717) is 38.2 Å². The standard InChI is InChI=1S/C28H19Cl2N3O2S/c29-21-12-10-19(11-13-21)18-35-25-9-5-4-6-20(25)16-26-27(34)33(22-7-2-1-3-8-22)28(36-26)32-24-14-15-31-17-23(24)30/h1-17H,18H2/b26-16-,32-28?. The summed E-state index contributed by atoms with van der Waals surface area (Å²) in [6, 6.07) is 26.2. The third kappa shape index (κ3) is 5.46. The Bertz CT molecular complexity index is 1460. The summed E-state index contributed by atoms with van der Waals surface area (Å²) in [5, 5.41) is 1.59. The van der Waals surface area contributed by atoms with Gasteiger partial charge in [0, 0.05) is 23.0 Å². The van der Waals surface area contributed by atoms with Gasteiger partial charge in [-0.3, -0.25) is 14.7 Å². The van der Waals surface area contributed by atoms with Gasteiger partial charge in [-0.2, -0.15) is 0 Å². The normalized spacial score (nSPS) is 15.6. The zero-order chi connectivity index (χ0) is 24.9. The lowest BCUT2D eigenvalue weighted by atomic mass is 10.1. The molecule has 1 saturated heterocycles. The quantitative estimate of drug-likeness (QED) is 0.238. The number of pyridine rings is 1. The predicted octanol–water partition coefficient (Wildman–Crippen LogP) is 7.78. The number of thioether (sulfide) groups is 1. The van der Waals surface area contributed by atoms with E-state index in [9.17, 15) is 4.79 Å². The van der Waals surface area contributed by atoms with Crippen LogP contribution in [0.5, 0.6) is 5.75 Å². The molecule has 0 atom stereocenters. The summed E-state index contributed by atoms with van der Waals surface area (Å²) in [5.74, 6) is 0.491. The van der Waals surface area contributed by atoms with Gasteiger partial charge in [0.15, 0.2) is 5.17 Å². The number of amidine groups is 1. The number of anilines is 1. The molecule has 2 heterocycles. The van der Waals surface area contributed by atoms with Gasteiger partial charge in [-0.25, -0.2) is 4.99 Å². The Kier molecular flexibility index (Phi) is 7.37. The van der Waals surface area contributed by atoms with Gasteiger partial charge >= 0.3 is 0 Å². The third-order valence-corrected chi connectivity index (χ3v) is 6.81. The van der Waals surface area contributed by atoms with E-state index >= 15 is 0 Å². The van der Waals surface area contributed by atoms with Crippen LogP contribution in [0.2, 0.25) is 10.0 Å². The van der Waals surface area contributed by atoms with Crippen LogP contribution in [-0.4, -0.2) is 16.1 Å². The molecule has 0 saturated carbocycles. The molecule has 4 aromatic rings.